The molecular formula is C15H21N3OS. The summed E-state index contributed by atoms with van der Waals surface area (Å²) < 4.78 is 5.27. The van der Waals surface area contributed by atoms with Crippen LogP contribution in [0.15, 0.2) is 33.7 Å². The van der Waals surface area contributed by atoms with Crippen LogP contribution >= 0.6 is 11.8 Å². The Balaban J connectivity index is 2.08. The Kier molecular flexibility index (Phi) is 5.20. The minimum atomic E-state index is 0.0478. The van der Waals surface area contributed by atoms with Crippen LogP contribution in [0.1, 0.15) is 26.7 Å². The lowest BCUT2D eigenvalue weighted by Gasteiger charge is -2.11. The Morgan fingerprint density at radius 2 is 1.95 bits per heavy atom. The fourth-order valence-electron chi connectivity index (χ4n) is 1.76. The first kappa shape index (κ1) is 15.1. The lowest BCUT2D eigenvalue weighted by Crippen LogP contribution is -2.28. The van der Waals surface area contributed by atoms with Crippen molar-refractivity contribution in [2.45, 2.75) is 38.1 Å². The Morgan fingerprint density at radius 3 is 2.55 bits per heavy atom. The van der Waals surface area contributed by atoms with Crippen LogP contribution in [0.4, 0.5) is 0 Å². The zero-order chi connectivity index (χ0) is 14.5. The van der Waals surface area contributed by atoms with Gasteiger partial charge in [0, 0.05) is 22.9 Å². The SMILES string of the molecule is CCSc1ccc(-c2noc(CC(N)C(C)C)n2)cc1. The molecule has 1 heterocycles. The van der Waals surface area contributed by atoms with Crippen molar-refractivity contribution in [3.8, 4) is 11.4 Å². The Bertz CT molecular complexity index is 536. The van der Waals surface area contributed by atoms with Crippen molar-refractivity contribution in [1.82, 2.24) is 10.1 Å². The molecule has 1 unspecified atom stereocenters. The predicted octanol–water partition coefficient (Wildman–Crippen LogP) is 3.37. The summed E-state index contributed by atoms with van der Waals surface area (Å²) in [7, 11) is 0. The lowest BCUT2D eigenvalue weighted by atomic mass is 10.0. The molecule has 2 rings (SSSR count). The van der Waals surface area contributed by atoms with Crippen LogP contribution in [-0.4, -0.2) is 21.9 Å². The van der Waals surface area contributed by atoms with E-state index in [9.17, 15) is 0 Å². The van der Waals surface area contributed by atoms with E-state index in [0.29, 0.717) is 24.1 Å². The van der Waals surface area contributed by atoms with Gasteiger partial charge in [0.05, 0.1) is 0 Å². The molecule has 0 fully saturated rings. The maximum Gasteiger partial charge on any atom is 0.228 e. The average Bonchev–Trinajstić information content (AvgIpc) is 2.88. The Morgan fingerprint density at radius 1 is 1.25 bits per heavy atom. The number of nitrogens with zero attached hydrogens (tertiary/aromatic N) is 2. The van der Waals surface area contributed by atoms with Crippen LogP contribution < -0.4 is 5.73 Å². The van der Waals surface area contributed by atoms with Gasteiger partial charge in [-0.25, -0.2) is 0 Å². The molecule has 1 aromatic carbocycles. The third-order valence-electron chi connectivity index (χ3n) is 3.16. The highest BCUT2D eigenvalue weighted by Crippen LogP contribution is 2.22. The van der Waals surface area contributed by atoms with E-state index in [1.807, 2.05) is 23.9 Å². The van der Waals surface area contributed by atoms with E-state index in [-0.39, 0.29) is 6.04 Å². The van der Waals surface area contributed by atoms with Gasteiger partial charge in [-0.1, -0.05) is 25.9 Å². The number of thioether (sulfide) groups is 1. The molecule has 1 atom stereocenters. The number of hydrogen-bond donors (Lipinski definition) is 1. The van der Waals surface area contributed by atoms with Gasteiger partial charge in [0.1, 0.15) is 0 Å². The quantitative estimate of drug-likeness (QED) is 0.827. The number of rotatable bonds is 6. The summed E-state index contributed by atoms with van der Waals surface area (Å²) in [6.45, 7) is 6.32. The topological polar surface area (TPSA) is 64.9 Å². The molecule has 2 aromatic rings. The molecule has 2 N–H and O–H groups in total. The molecule has 4 nitrogen and oxygen atoms in total. The second-order valence-corrected chi connectivity index (χ2v) is 6.42. The van der Waals surface area contributed by atoms with E-state index in [2.05, 4.69) is 43.0 Å². The first-order valence-corrected chi connectivity index (χ1v) is 7.90. The molecular weight excluding hydrogens is 270 g/mol. The fourth-order valence-corrected chi connectivity index (χ4v) is 2.42. The molecule has 20 heavy (non-hydrogen) atoms. The minimum absolute atomic E-state index is 0.0478. The number of hydrogen-bond acceptors (Lipinski definition) is 5. The molecule has 0 bridgehead atoms. The molecule has 0 aliphatic heterocycles. The van der Waals surface area contributed by atoms with E-state index in [4.69, 9.17) is 10.3 Å². The maximum absolute atomic E-state index is 6.02. The van der Waals surface area contributed by atoms with Crippen molar-refractivity contribution in [3.05, 3.63) is 30.2 Å². The fraction of sp³-hybridized carbons (Fsp3) is 0.467. The van der Waals surface area contributed by atoms with E-state index < -0.39 is 0 Å². The third kappa shape index (κ3) is 3.84. The standard InChI is InChI=1S/C15H21N3OS/c1-4-20-12-7-5-11(6-8-12)15-17-14(19-18-15)9-13(16)10(2)3/h5-8,10,13H,4,9,16H2,1-3H3. The zero-order valence-electron chi connectivity index (χ0n) is 12.2. The van der Waals surface area contributed by atoms with Gasteiger partial charge in [-0.2, -0.15) is 4.98 Å². The van der Waals surface area contributed by atoms with Gasteiger partial charge >= 0.3 is 0 Å². The number of nitrogens with two attached hydrogens (primary N) is 1. The van der Waals surface area contributed by atoms with Gasteiger partial charge in [-0.3, -0.25) is 0 Å². The van der Waals surface area contributed by atoms with Crippen molar-refractivity contribution < 1.29 is 4.52 Å². The molecule has 5 heteroatoms. The van der Waals surface area contributed by atoms with Crippen LogP contribution in [-0.2, 0) is 6.42 Å². The van der Waals surface area contributed by atoms with Crippen molar-refractivity contribution in [3.63, 3.8) is 0 Å². The van der Waals surface area contributed by atoms with Crippen molar-refractivity contribution >= 4 is 11.8 Å². The molecule has 108 valence electrons. The smallest absolute Gasteiger partial charge is 0.228 e. The van der Waals surface area contributed by atoms with Gasteiger partial charge in [0.2, 0.25) is 11.7 Å². The summed E-state index contributed by atoms with van der Waals surface area (Å²) in [4.78, 5) is 5.67. The van der Waals surface area contributed by atoms with Crippen molar-refractivity contribution in [2.24, 2.45) is 11.7 Å². The maximum atomic E-state index is 6.02. The molecule has 0 saturated carbocycles. The third-order valence-corrected chi connectivity index (χ3v) is 4.05. The number of aromatic nitrogens is 2. The summed E-state index contributed by atoms with van der Waals surface area (Å²) in [5.41, 5.74) is 6.99. The Hall–Kier alpha value is -1.33. The predicted molar refractivity (Wildman–Crippen MR) is 82.6 cm³/mol. The summed E-state index contributed by atoms with van der Waals surface area (Å²) in [6.07, 6.45) is 0.619. The first-order chi connectivity index (χ1) is 9.60. The second kappa shape index (κ2) is 6.90. The molecule has 0 aliphatic carbocycles. The number of benzene rings is 1. The van der Waals surface area contributed by atoms with Crippen LogP contribution in [0.5, 0.6) is 0 Å². The van der Waals surface area contributed by atoms with Crippen LogP contribution in [0.2, 0.25) is 0 Å². The van der Waals surface area contributed by atoms with Gasteiger partial charge < -0.3 is 10.3 Å². The second-order valence-electron chi connectivity index (χ2n) is 5.08. The molecule has 0 spiro atoms. The van der Waals surface area contributed by atoms with E-state index in [0.717, 1.165) is 11.3 Å². The van der Waals surface area contributed by atoms with Gasteiger partial charge in [0.25, 0.3) is 0 Å². The summed E-state index contributed by atoms with van der Waals surface area (Å²) >= 11 is 1.82. The lowest BCUT2D eigenvalue weighted by molar-refractivity contribution is 0.353. The highest BCUT2D eigenvalue weighted by atomic mass is 32.2. The van der Waals surface area contributed by atoms with Crippen molar-refractivity contribution in [1.29, 1.82) is 0 Å². The summed E-state index contributed by atoms with van der Waals surface area (Å²) in [5, 5.41) is 4.03. The largest absolute Gasteiger partial charge is 0.339 e. The summed E-state index contributed by atoms with van der Waals surface area (Å²) in [6, 6.07) is 8.26. The highest BCUT2D eigenvalue weighted by Gasteiger charge is 2.14. The molecule has 0 aliphatic rings. The van der Waals surface area contributed by atoms with Crippen LogP contribution in [0.3, 0.4) is 0 Å². The molecule has 0 radical (unpaired) electrons. The summed E-state index contributed by atoms with van der Waals surface area (Å²) in [5.74, 6) is 2.70. The molecule has 0 saturated heterocycles. The van der Waals surface area contributed by atoms with E-state index in [1.54, 1.807) is 0 Å². The molecule has 0 amide bonds. The normalized spacial score (nSPS) is 12.8. The monoisotopic (exact) mass is 291 g/mol. The Labute approximate surface area is 124 Å². The highest BCUT2D eigenvalue weighted by molar-refractivity contribution is 7.99. The van der Waals surface area contributed by atoms with Gasteiger partial charge in [-0.05, 0) is 35.9 Å². The minimum Gasteiger partial charge on any atom is -0.339 e. The van der Waals surface area contributed by atoms with E-state index in [1.165, 1.54) is 4.90 Å². The van der Waals surface area contributed by atoms with Gasteiger partial charge in [0.15, 0.2) is 0 Å². The van der Waals surface area contributed by atoms with E-state index >= 15 is 0 Å². The van der Waals surface area contributed by atoms with Crippen molar-refractivity contribution in [2.75, 3.05) is 5.75 Å². The van der Waals surface area contributed by atoms with Gasteiger partial charge in [-0.15, -0.1) is 11.8 Å². The van der Waals surface area contributed by atoms with Crippen LogP contribution in [0, 0.1) is 5.92 Å². The van der Waals surface area contributed by atoms with Crippen LogP contribution in [0.25, 0.3) is 11.4 Å². The first-order valence-electron chi connectivity index (χ1n) is 6.91. The average molecular weight is 291 g/mol. The zero-order valence-corrected chi connectivity index (χ0v) is 13.0. The molecule has 1 aromatic heterocycles.